The average Bonchev–Trinajstić information content (AvgIpc) is 2.98. The molecule has 2 aliphatic rings. The monoisotopic (exact) mass is 278 g/mol. The Hall–Kier alpha value is -1.43. The molecule has 2 fully saturated rings. The highest BCUT2D eigenvalue weighted by Gasteiger charge is 2.53. The van der Waals surface area contributed by atoms with E-state index in [9.17, 15) is 4.79 Å². The molecular weight excluding hydrogens is 256 g/mol. The van der Waals surface area contributed by atoms with Gasteiger partial charge in [0, 0.05) is 25.6 Å². The van der Waals surface area contributed by atoms with Crippen molar-refractivity contribution in [1.29, 1.82) is 0 Å². The Kier molecular flexibility index (Phi) is 3.50. The predicted octanol–water partition coefficient (Wildman–Crippen LogP) is 1.25. The first-order chi connectivity index (χ1) is 9.64. The molecule has 0 aromatic carbocycles. The number of aromatic amines is 1. The van der Waals surface area contributed by atoms with E-state index in [1.54, 1.807) is 0 Å². The van der Waals surface area contributed by atoms with Crippen LogP contribution in [0.4, 0.5) is 0 Å². The normalized spacial score (nSPS) is 24.1. The van der Waals surface area contributed by atoms with Crippen LogP contribution in [0.25, 0.3) is 0 Å². The van der Waals surface area contributed by atoms with Crippen LogP contribution in [-0.2, 0) is 9.53 Å². The summed E-state index contributed by atoms with van der Waals surface area (Å²) in [5.41, 5.74) is 0.205. The molecule has 110 valence electrons. The third kappa shape index (κ3) is 2.22. The largest absolute Gasteiger partial charge is 0.372 e. The van der Waals surface area contributed by atoms with E-state index in [1.165, 1.54) is 19.3 Å². The first-order valence-electron chi connectivity index (χ1n) is 7.39. The number of hydrogen-bond donors (Lipinski definition) is 1. The van der Waals surface area contributed by atoms with Crippen LogP contribution in [0.3, 0.4) is 0 Å². The molecule has 6 nitrogen and oxygen atoms in total. The van der Waals surface area contributed by atoms with E-state index in [4.69, 9.17) is 4.74 Å². The Labute approximate surface area is 118 Å². The van der Waals surface area contributed by atoms with Gasteiger partial charge < -0.3 is 9.64 Å². The molecule has 1 saturated heterocycles. The second kappa shape index (κ2) is 5.16. The van der Waals surface area contributed by atoms with Crippen LogP contribution in [0.15, 0.2) is 0 Å². The van der Waals surface area contributed by atoms with Gasteiger partial charge in [-0.3, -0.25) is 9.89 Å². The van der Waals surface area contributed by atoms with Crippen molar-refractivity contribution >= 4 is 5.91 Å². The molecule has 2 heterocycles. The van der Waals surface area contributed by atoms with Crippen molar-refractivity contribution in [1.82, 2.24) is 20.1 Å². The Balaban J connectivity index is 1.75. The third-order valence-corrected chi connectivity index (χ3v) is 4.71. The molecule has 1 atom stereocenters. The highest BCUT2D eigenvalue weighted by molar-refractivity contribution is 5.78. The molecule has 1 N–H and O–H groups in total. The highest BCUT2D eigenvalue weighted by atomic mass is 16.5. The number of carbonyl (C=O) groups excluding carboxylic acids is 1. The van der Waals surface area contributed by atoms with E-state index in [0.29, 0.717) is 6.61 Å². The smallest absolute Gasteiger partial charge is 0.248 e. The molecule has 20 heavy (non-hydrogen) atoms. The molecule has 0 radical (unpaired) electrons. The van der Waals surface area contributed by atoms with Gasteiger partial charge in [0.25, 0.3) is 0 Å². The number of hydrogen-bond acceptors (Lipinski definition) is 4. The van der Waals surface area contributed by atoms with Crippen molar-refractivity contribution in [3.8, 4) is 0 Å². The number of rotatable bonds is 4. The number of aromatic nitrogens is 3. The topological polar surface area (TPSA) is 71.1 Å². The Morgan fingerprint density at radius 3 is 2.90 bits per heavy atom. The summed E-state index contributed by atoms with van der Waals surface area (Å²) in [4.78, 5) is 18.6. The zero-order chi connectivity index (χ0) is 14.2. The fourth-order valence-electron chi connectivity index (χ4n) is 3.45. The minimum absolute atomic E-state index is 0.0906. The van der Waals surface area contributed by atoms with Gasteiger partial charge in [0.1, 0.15) is 12.4 Å². The Morgan fingerprint density at radius 2 is 2.35 bits per heavy atom. The minimum Gasteiger partial charge on any atom is -0.372 e. The van der Waals surface area contributed by atoms with Gasteiger partial charge in [-0.15, -0.1) is 0 Å². The highest BCUT2D eigenvalue weighted by Crippen LogP contribution is 2.55. The number of aryl methyl sites for hydroxylation is 1. The van der Waals surface area contributed by atoms with E-state index in [0.717, 1.165) is 24.7 Å². The third-order valence-electron chi connectivity index (χ3n) is 4.71. The van der Waals surface area contributed by atoms with Gasteiger partial charge in [-0.2, -0.15) is 5.10 Å². The molecule has 1 aromatic heterocycles. The SMILES string of the molecule is CCOCC(=O)N1CC(c2n[nH]c(C)n2)C2(CCC2)C1. The number of nitrogens with one attached hydrogen (secondary N) is 1. The predicted molar refractivity (Wildman–Crippen MR) is 73.2 cm³/mol. The van der Waals surface area contributed by atoms with Crippen LogP contribution < -0.4 is 0 Å². The van der Waals surface area contributed by atoms with E-state index in [-0.39, 0.29) is 23.8 Å². The maximum atomic E-state index is 12.2. The van der Waals surface area contributed by atoms with Gasteiger partial charge >= 0.3 is 0 Å². The van der Waals surface area contributed by atoms with Gasteiger partial charge in [-0.05, 0) is 32.1 Å². The number of H-pyrrole nitrogens is 1. The minimum atomic E-state index is 0.0906. The van der Waals surface area contributed by atoms with Crippen molar-refractivity contribution in [2.75, 3.05) is 26.3 Å². The molecular formula is C14H22N4O2. The van der Waals surface area contributed by atoms with Crippen molar-refractivity contribution < 1.29 is 9.53 Å². The van der Waals surface area contributed by atoms with Crippen molar-refractivity contribution in [3.63, 3.8) is 0 Å². The van der Waals surface area contributed by atoms with Crippen LogP contribution in [0.5, 0.6) is 0 Å². The first kappa shape index (κ1) is 13.5. The van der Waals surface area contributed by atoms with Crippen LogP contribution >= 0.6 is 0 Å². The summed E-state index contributed by atoms with van der Waals surface area (Å²) < 4.78 is 5.24. The molecule has 6 heteroatoms. The molecule has 1 spiro atoms. The molecule has 0 bridgehead atoms. The van der Waals surface area contributed by atoms with Gasteiger partial charge in [0.15, 0.2) is 5.82 Å². The van der Waals surface area contributed by atoms with Gasteiger partial charge in [-0.25, -0.2) is 4.98 Å². The Morgan fingerprint density at radius 1 is 1.55 bits per heavy atom. The zero-order valence-electron chi connectivity index (χ0n) is 12.2. The molecule has 1 unspecified atom stereocenters. The van der Waals surface area contributed by atoms with E-state index < -0.39 is 0 Å². The lowest BCUT2D eigenvalue weighted by Crippen LogP contribution is -2.38. The summed E-state index contributed by atoms with van der Waals surface area (Å²) in [7, 11) is 0. The summed E-state index contributed by atoms with van der Waals surface area (Å²) >= 11 is 0. The zero-order valence-corrected chi connectivity index (χ0v) is 12.2. The second-order valence-electron chi connectivity index (χ2n) is 5.96. The fraction of sp³-hybridized carbons (Fsp3) is 0.786. The molecule has 3 rings (SSSR count). The lowest BCUT2D eigenvalue weighted by molar-refractivity contribution is -0.135. The quantitative estimate of drug-likeness (QED) is 0.899. The van der Waals surface area contributed by atoms with Crippen molar-refractivity contribution in [2.24, 2.45) is 5.41 Å². The van der Waals surface area contributed by atoms with Crippen molar-refractivity contribution in [2.45, 2.75) is 39.0 Å². The summed E-state index contributed by atoms with van der Waals surface area (Å²) in [6, 6.07) is 0. The van der Waals surface area contributed by atoms with Crippen LogP contribution in [0.2, 0.25) is 0 Å². The Bertz CT molecular complexity index is 495. The van der Waals surface area contributed by atoms with Crippen LogP contribution in [-0.4, -0.2) is 52.3 Å². The van der Waals surface area contributed by atoms with Crippen LogP contribution in [0, 0.1) is 12.3 Å². The average molecular weight is 278 g/mol. The first-order valence-corrected chi connectivity index (χ1v) is 7.39. The molecule has 1 aromatic rings. The maximum Gasteiger partial charge on any atom is 0.248 e. The molecule has 1 saturated carbocycles. The molecule has 1 aliphatic heterocycles. The van der Waals surface area contributed by atoms with Gasteiger partial charge in [0.05, 0.1) is 0 Å². The summed E-state index contributed by atoms with van der Waals surface area (Å²) in [6.07, 6.45) is 3.58. The number of ether oxygens (including phenoxy) is 1. The van der Waals surface area contributed by atoms with E-state index in [1.807, 2.05) is 18.7 Å². The summed E-state index contributed by atoms with van der Waals surface area (Å²) in [5, 5.41) is 7.25. The second-order valence-corrected chi connectivity index (χ2v) is 5.96. The van der Waals surface area contributed by atoms with E-state index in [2.05, 4.69) is 15.2 Å². The van der Waals surface area contributed by atoms with E-state index >= 15 is 0 Å². The number of likely N-dealkylation sites (tertiary alicyclic amines) is 1. The van der Waals surface area contributed by atoms with Crippen molar-refractivity contribution in [3.05, 3.63) is 11.6 Å². The lowest BCUT2D eigenvalue weighted by atomic mass is 9.62. The molecule has 1 amide bonds. The molecule has 1 aliphatic carbocycles. The van der Waals surface area contributed by atoms with Gasteiger partial charge in [-0.1, -0.05) is 6.42 Å². The lowest BCUT2D eigenvalue weighted by Gasteiger charge is -2.41. The number of nitrogens with zero attached hydrogens (tertiary/aromatic N) is 3. The number of carbonyl (C=O) groups is 1. The maximum absolute atomic E-state index is 12.2. The fourth-order valence-corrected chi connectivity index (χ4v) is 3.45. The standard InChI is InChI=1S/C14H22N4O2/c1-3-20-8-12(19)18-7-11(13-15-10(2)16-17-13)14(9-18)5-4-6-14/h11H,3-9H2,1-2H3,(H,15,16,17). The van der Waals surface area contributed by atoms with Gasteiger partial charge in [0.2, 0.25) is 5.91 Å². The summed E-state index contributed by atoms with van der Waals surface area (Å²) in [5.74, 6) is 2.07. The summed E-state index contributed by atoms with van der Waals surface area (Å²) in [6.45, 7) is 6.14. The van der Waals surface area contributed by atoms with Crippen LogP contribution in [0.1, 0.15) is 43.8 Å². The number of amides is 1.